The molecular formula is C14H16O5. The lowest BCUT2D eigenvalue weighted by molar-refractivity contribution is -0.385. The van der Waals surface area contributed by atoms with Gasteiger partial charge in [0.15, 0.2) is 17.3 Å². The molecule has 0 aliphatic carbocycles. The van der Waals surface area contributed by atoms with Crippen molar-refractivity contribution in [2.24, 2.45) is 5.41 Å². The Labute approximate surface area is 111 Å². The van der Waals surface area contributed by atoms with Crippen LogP contribution in [0.1, 0.15) is 26.3 Å². The van der Waals surface area contributed by atoms with Gasteiger partial charge in [-0.15, -0.1) is 0 Å². The number of rotatable bonds is 2. The number of fused-ring (bicyclic) bond motifs is 1. The van der Waals surface area contributed by atoms with Gasteiger partial charge >= 0.3 is 6.16 Å². The predicted molar refractivity (Wildman–Crippen MR) is 68.4 cm³/mol. The summed E-state index contributed by atoms with van der Waals surface area (Å²) in [5.74, 6) is 0.462. The minimum absolute atomic E-state index is 0.00355. The maximum Gasteiger partial charge on any atom is 0.505 e. The summed E-state index contributed by atoms with van der Waals surface area (Å²) >= 11 is 0. The quantitative estimate of drug-likeness (QED) is 0.628. The molecule has 1 aliphatic rings. The number of hydrogen-bond acceptors (Lipinski definition) is 5. The van der Waals surface area contributed by atoms with Crippen molar-refractivity contribution >= 4 is 11.9 Å². The molecule has 102 valence electrons. The Kier molecular flexibility index (Phi) is 3.12. The first-order valence-corrected chi connectivity index (χ1v) is 5.87. The van der Waals surface area contributed by atoms with Crippen LogP contribution in [0, 0.1) is 5.41 Å². The van der Waals surface area contributed by atoms with Crippen LogP contribution in [0.15, 0.2) is 24.3 Å². The molecule has 0 bridgehead atoms. The SMILES string of the molecule is CC(C)(C)C(=O)/C=C/c1ccc2c(c1)OC(O)(O)O2. The number of ether oxygens (including phenoxy) is 2. The molecule has 0 saturated heterocycles. The van der Waals surface area contributed by atoms with Crippen molar-refractivity contribution in [1.29, 1.82) is 0 Å². The summed E-state index contributed by atoms with van der Waals surface area (Å²) in [6.07, 6.45) is 0.514. The molecule has 2 rings (SSSR count). The van der Waals surface area contributed by atoms with Crippen LogP contribution in [-0.4, -0.2) is 22.2 Å². The fraction of sp³-hybridized carbons (Fsp3) is 0.357. The number of carbonyl (C=O) groups excluding carboxylic acids is 1. The van der Waals surface area contributed by atoms with Gasteiger partial charge in [0.2, 0.25) is 0 Å². The second-order valence-electron chi connectivity index (χ2n) is 5.41. The van der Waals surface area contributed by atoms with Crippen molar-refractivity contribution in [3.63, 3.8) is 0 Å². The van der Waals surface area contributed by atoms with Gasteiger partial charge < -0.3 is 9.47 Å². The number of allylic oxidation sites excluding steroid dienone is 1. The zero-order chi connectivity index (χ0) is 14.3. The van der Waals surface area contributed by atoms with Crippen LogP contribution in [0.2, 0.25) is 0 Å². The van der Waals surface area contributed by atoms with Gasteiger partial charge in [-0.1, -0.05) is 32.9 Å². The van der Waals surface area contributed by atoms with Crippen molar-refractivity contribution < 1.29 is 24.5 Å². The topological polar surface area (TPSA) is 76.0 Å². The third-order valence-corrected chi connectivity index (χ3v) is 2.62. The van der Waals surface area contributed by atoms with Crippen LogP contribution in [0.4, 0.5) is 0 Å². The van der Waals surface area contributed by atoms with E-state index in [1.54, 1.807) is 24.3 Å². The predicted octanol–water partition coefficient (Wildman–Crippen LogP) is 1.68. The summed E-state index contributed by atoms with van der Waals surface area (Å²) in [7, 11) is 0. The lowest BCUT2D eigenvalue weighted by atomic mass is 9.90. The van der Waals surface area contributed by atoms with Gasteiger partial charge in [0, 0.05) is 5.41 Å². The molecule has 1 heterocycles. The van der Waals surface area contributed by atoms with Gasteiger partial charge in [-0.25, -0.2) is 0 Å². The van der Waals surface area contributed by atoms with Crippen LogP contribution in [0.25, 0.3) is 6.08 Å². The molecule has 1 aromatic rings. The Morgan fingerprint density at radius 3 is 2.47 bits per heavy atom. The van der Waals surface area contributed by atoms with E-state index in [9.17, 15) is 15.0 Å². The average molecular weight is 264 g/mol. The van der Waals surface area contributed by atoms with Crippen molar-refractivity contribution in [3.8, 4) is 11.5 Å². The van der Waals surface area contributed by atoms with Crippen molar-refractivity contribution in [2.45, 2.75) is 26.9 Å². The fourth-order valence-electron chi connectivity index (χ4n) is 1.52. The zero-order valence-electron chi connectivity index (χ0n) is 11.0. The average Bonchev–Trinajstić information content (AvgIpc) is 2.57. The van der Waals surface area contributed by atoms with E-state index in [0.717, 1.165) is 0 Å². The van der Waals surface area contributed by atoms with Gasteiger partial charge in [0.05, 0.1) is 0 Å². The van der Waals surface area contributed by atoms with Crippen molar-refractivity contribution in [1.82, 2.24) is 0 Å². The van der Waals surface area contributed by atoms with Crippen LogP contribution >= 0.6 is 0 Å². The molecule has 1 aliphatic heterocycles. The standard InChI is InChI=1S/C14H16O5/c1-13(2,3)12(15)7-5-9-4-6-10-11(8-9)19-14(16,17)18-10/h4-8,16-17H,1-3H3/b7-5+. The number of hydrogen-bond donors (Lipinski definition) is 2. The number of carbonyl (C=O) groups is 1. The largest absolute Gasteiger partial charge is 0.505 e. The highest BCUT2D eigenvalue weighted by Gasteiger charge is 2.37. The molecule has 0 amide bonds. The summed E-state index contributed by atoms with van der Waals surface area (Å²) in [6.45, 7) is 5.52. The van der Waals surface area contributed by atoms with Gasteiger partial charge in [-0.05, 0) is 23.8 Å². The maximum atomic E-state index is 11.8. The second-order valence-corrected chi connectivity index (χ2v) is 5.41. The Morgan fingerprint density at radius 1 is 1.21 bits per heavy atom. The minimum atomic E-state index is -2.62. The molecule has 5 heteroatoms. The van der Waals surface area contributed by atoms with Crippen molar-refractivity contribution in [3.05, 3.63) is 29.8 Å². The monoisotopic (exact) mass is 264 g/mol. The maximum absolute atomic E-state index is 11.8. The van der Waals surface area contributed by atoms with Crippen LogP contribution in [0.5, 0.6) is 11.5 Å². The summed E-state index contributed by atoms with van der Waals surface area (Å²) in [6, 6.07) is 4.80. The molecule has 0 aromatic heterocycles. The molecule has 1 aromatic carbocycles. The van der Waals surface area contributed by atoms with E-state index in [4.69, 9.17) is 9.47 Å². The summed E-state index contributed by atoms with van der Waals surface area (Å²) in [5, 5.41) is 18.3. The fourth-order valence-corrected chi connectivity index (χ4v) is 1.52. The number of aliphatic hydroxyl groups is 2. The van der Waals surface area contributed by atoms with E-state index in [2.05, 4.69) is 0 Å². The van der Waals surface area contributed by atoms with Gasteiger partial charge in [-0.3, -0.25) is 15.0 Å². The minimum Gasteiger partial charge on any atom is -0.403 e. The van der Waals surface area contributed by atoms with E-state index in [0.29, 0.717) is 5.56 Å². The second kappa shape index (κ2) is 4.36. The first-order valence-electron chi connectivity index (χ1n) is 5.87. The lowest BCUT2D eigenvalue weighted by Gasteiger charge is -2.12. The summed E-state index contributed by atoms with van der Waals surface area (Å²) < 4.78 is 9.51. The molecular weight excluding hydrogens is 248 g/mol. The number of benzene rings is 1. The Morgan fingerprint density at radius 2 is 1.84 bits per heavy atom. The molecule has 2 N–H and O–H groups in total. The highest BCUT2D eigenvalue weighted by Crippen LogP contribution is 2.38. The Bertz CT molecular complexity index is 537. The summed E-state index contributed by atoms with van der Waals surface area (Å²) in [5.41, 5.74) is 0.274. The van der Waals surface area contributed by atoms with Crippen LogP contribution in [-0.2, 0) is 4.79 Å². The van der Waals surface area contributed by atoms with Gasteiger partial charge in [-0.2, -0.15) is 0 Å². The van der Waals surface area contributed by atoms with Gasteiger partial charge in [0.1, 0.15) is 0 Å². The zero-order valence-corrected chi connectivity index (χ0v) is 11.0. The molecule has 19 heavy (non-hydrogen) atoms. The molecule has 0 fully saturated rings. The first-order chi connectivity index (χ1) is 8.67. The smallest absolute Gasteiger partial charge is 0.403 e. The molecule has 0 saturated carbocycles. The van der Waals surface area contributed by atoms with E-state index < -0.39 is 11.6 Å². The molecule has 0 atom stereocenters. The van der Waals surface area contributed by atoms with E-state index in [-0.39, 0.29) is 17.3 Å². The Hall–Kier alpha value is -1.85. The van der Waals surface area contributed by atoms with E-state index in [1.165, 1.54) is 6.08 Å². The normalized spacial score (nSPS) is 16.9. The van der Waals surface area contributed by atoms with E-state index >= 15 is 0 Å². The van der Waals surface area contributed by atoms with Crippen LogP contribution < -0.4 is 9.47 Å². The van der Waals surface area contributed by atoms with Gasteiger partial charge in [0.25, 0.3) is 0 Å². The third-order valence-electron chi connectivity index (χ3n) is 2.62. The Balaban J connectivity index is 2.17. The summed E-state index contributed by atoms with van der Waals surface area (Å²) in [4.78, 5) is 11.8. The first kappa shape index (κ1) is 13.6. The number of ketones is 1. The molecule has 0 spiro atoms. The highest BCUT2D eigenvalue weighted by atomic mass is 17.0. The van der Waals surface area contributed by atoms with E-state index in [1.807, 2.05) is 20.8 Å². The highest BCUT2D eigenvalue weighted by molar-refractivity contribution is 5.97. The van der Waals surface area contributed by atoms with Crippen LogP contribution in [0.3, 0.4) is 0 Å². The molecule has 0 unspecified atom stereocenters. The molecule has 5 nitrogen and oxygen atoms in total. The molecule has 0 radical (unpaired) electrons. The lowest BCUT2D eigenvalue weighted by Crippen LogP contribution is -2.37. The van der Waals surface area contributed by atoms with Crippen molar-refractivity contribution in [2.75, 3.05) is 0 Å². The third kappa shape index (κ3) is 3.13.